The van der Waals surface area contributed by atoms with Gasteiger partial charge in [0.1, 0.15) is 30.5 Å². The molecule has 0 spiro atoms. The first-order chi connectivity index (χ1) is 27.4. The zero-order valence-corrected chi connectivity index (χ0v) is 36.4. The molecule has 2 fully saturated rings. The number of nitrogens with zero attached hydrogens (tertiary/aromatic N) is 1. The highest BCUT2D eigenvalue weighted by Gasteiger charge is 2.48. The Balaban J connectivity index is 2.01. The summed E-state index contributed by atoms with van der Waals surface area (Å²) in [7, 11) is 9.43. The second-order valence-corrected chi connectivity index (χ2v) is 16.2. The van der Waals surface area contributed by atoms with Gasteiger partial charge in [-0.2, -0.15) is 0 Å². The van der Waals surface area contributed by atoms with E-state index in [4.69, 9.17) is 42.6 Å². The first-order valence-electron chi connectivity index (χ1n) is 20.3. The number of cyclic esters (lactones) is 1. The monoisotopic (exact) mass is 832 g/mol. The van der Waals surface area contributed by atoms with Crippen molar-refractivity contribution in [3.8, 4) is 0 Å². The molecular weight excluding hydrogens is 760 g/mol. The summed E-state index contributed by atoms with van der Waals surface area (Å²) in [5.41, 5.74) is 0.700. The number of aliphatic hydroxyl groups excluding tert-OH is 4. The summed E-state index contributed by atoms with van der Waals surface area (Å²) < 4.78 is 53.3. The Kier molecular flexibility index (Phi) is 20.6. The van der Waals surface area contributed by atoms with Crippen molar-refractivity contribution in [1.29, 1.82) is 0 Å². The number of esters is 1. The summed E-state index contributed by atoms with van der Waals surface area (Å²) in [5, 5.41) is 47.8. The SMILES string of the molecule is CCC1OC(=O)CC(O)C(C)C(O[C@@H]2O[C@H](C)[C@@H](O)[C@H](N(C)C)[C@@H]2O)C(CC(OC)OC)CC(C)NC(=O)/C=C/C(C)=C/C1CO[C@@H]1O[C@H](C)[C@@H](O)[C@H](OC)[C@H]1OC. The van der Waals surface area contributed by atoms with Gasteiger partial charge in [-0.25, -0.2) is 0 Å². The Bertz CT molecular complexity index is 1320. The molecule has 336 valence electrons. The molecule has 5 N–H and O–H groups in total. The second-order valence-electron chi connectivity index (χ2n) is 16.2. The number of hydrogen-bond donors (Lipinski definition) is 5. The number of methoxy groups -OCH3 is 4. The van der Waals surface area contributed by atoms with Crippen LogP contribution >= 0.6 is 0 Å². The van der Waals surface area contributed by atoms with E-state index in [0.717, 1.165) is 0 Å². The molecule has 2 saturated heterocycles. The van der Waals surface area contributed by atoms with Gasteiger partial charge in [0, 0.05) is 58.8 Å². The first-order valence-corrected chi connectivity index (χ1v) is 20.3. The zero-order chi connectivity index (χ0) is 43.4. The third-order valence-electron chi connectivity index (χ3n) is 11.6. The van der Waals surface area contributed by atoms with Gasteiger partial charge in [-0.3, -0.25) is 9.59 Å². The van der Waals surface area contributed by atoms with E-state index in [1.807, 2.05) is 26.8 Å². The van der Waals surface area contributed by atoms with Crippen LogP contribution in [0.2, 0.25) is 0 Å². The molecule has 0 bridgehead atoms. The van der Waals surface area contributed by atoms with Gasteiger partial charge in [-0.05, 0) is 60.5 Å². The summed E-state index contributed by atoms with van der Waals surface area (Å²) in [6.07, 6.45) is -6.28. The fourth-order valence-electron chi connectivity index (χ4n) is 8.23. The van der Waals surface area contributed by atoms with Crippen LogP contribution < -0.4 is 5.32 Å². The minimum atomic E-state index is -1.29. The van der Waals surface area contributed by atoms with E-state index >= 15 is 0 Å². The maximum atomic E-state index is 13.8. The molecule has 17 atom stereocenters. The molecule has 0 aromatic rings. The molecule has 3 rings (SSSR count). The highest BCUT2D eigenvalue weighted by atomic mass is 16.7. The van der Waals surface area contributed by atoms with E-state index in [2.05, 4.69) is 5.32 Å². The van der Waals surface area contributed by atoms with Crippen LogP contribution in [0.25, 0.3) is 0 Å². The number of carbonyl (C=O) groups excluding carboxylic acids is 2. The molecule has 0 aliphatic carbocycles. The minimum absolute atomic E-state index is 0.00542. The molecule has 58 heavy (non-hydrogen) atoms. The Morgan fingerprint density at radius 2 is 1.48 bits per heavy atom. The van der Waals surface area contributed by atoms with Crippen molar-refractivity contribution in [2.75, 3.05) is 49.1 Å². The van der Waals surface area contributed by atoms with Crippen LogP contribution in [0.4, 0.5) is 0 Å². The normalized spacial score (nSPS) is 41.7. The molecule has 3 heterocycles. The summed E-state index contributed by atoms with van der Waals surface area (Å²) in [5.74, 6) is -2.80. The number of carbonyl (C=O) groups is 2. The summed E-state index contributed by atoms with van der Waals surface area (Å²) >= 11 is 0. The Labute approximate surface area is 344 Å². The molecular formula is C41H72N2O15. The fourth-order valence-corrected chi connectivity index (χ4v) is 8.23. The van der Waals surface area contributed by atoms with Gasteiger partial charge in [0.05, 0.1) is 49.6 Å². The summed E-state index contributed by atoms with van der Waals surface area (Å²) in [6, 6.07) is -1.15. The number of aliphatic hydroxyl groups is 4. The van der Waals surface area contributed by atoms with Crippen molar-refractivity contribution in [3.63, 3.8) is 0 Å². The number of ether oxygens (including phenoxy) is 9. The van der Waals surface area contributed by atoms with Gasteiger partial charge in [0.25, 0.3) is 0 Å². The largest absolute Gasteiger partial charge is 0.462 e. The average molecular weight is 833 g/mol. The average Bonchev–Trinajstić information content (AvgIpc) is 3.17. The third-order valence-corrected chi connectivity index (χ3v) is 11.6. The number of rotatable bonds is 13. The molecule has 3 aliphatic rings. The fraction of sp³-hybridized carbons (Fsp3) is 0.854. The van der Waals surface area contributed by atoms with Crippen LogP contribution in [0.3, 0.4) is 0 Å². The van der Waals surface area contributed by atoms with Gasteiger partial charge in [-0.1, -0.05) is 31.6 Å². The second kappa shape index (κ2) is 23.8. The van der Waals surface area contributed by atoms with Gasteiger partial charge in [0.15, 0.2) is 18.9 Å². The van der Waals surface area contributed by atoms with Crippen molar-refractivity contribution in [2.45, 2.75) is 159 Å². The van der Waals surface area contributed by atoms with Crippen LogP contribution in [-0.2, 0) is 52.2 Å². The van der Waals surface area contributed by atoms with Crippen LogP contribution in [0.5, 0.6) is 0 Å². The van der Waals surface area contributed by atoms with Crippen molar-refractivity contribution >= 4 is 11.9 Å². The van der Waals surface area contributed by atoms with Crippen molar-refractivity contribution in [1.82, 2.24) is 10.2 Å². The number of nitrogens with one attached hydrogen (secondary N) is 1. The molecule has 17 nitrogen and oxygen atoms in total. The predicted octanol–water partition coefficient (Wildman–Crippen LogP) is 1.28. The van der Waals surface area contributed by atoms with Crippen molar-refractivity contribution < 1.29 is 72.6 Å². The number of hydrogen-bond acceptors (Lipinski definition) is 16. The lowest BCUT2D eigenvalue weighted by molar-refractivity contribution is -0.305. The number of amides is 1. The molecule has 7 unspecified atom stereocenters. The Morgan fingerprint density at radius 1 is 0.862 bits per heavy atom. The molecule has 0 aromatic heterocycles. The van der Waals surface area contributed by atoms with Crippen LogP contribution in [0.1, 0.15) is 67.2 Å². The van der Waals surface area contributed by atoms with E-state index in [1.54, 1.807) is 45.8 Å². The van der Waals surface area contributed by atoms with Gasteiger partial charge < -0.3 is 73.3 Å². The standard InChI is InChI=1S/C41H72N2O15/c1-13-29-27(20-54-41-39(53-12)38(52-11)35(48)25(6)56-41)16-21(2)14-15-30(45)42-22(3)17-26(18-32(50-9)51-10)37(23(4)28(44)19-31(46)57-29)58-40-36(49)33(43(7)8)34(47)24(5)55-40/h14-16,22-29,32-41,44,47-49H,13,17-20H2,1-12H3,(H,42,45)/b15-14+,21-16+/t22?,23?,24-,25-,26?,27?,28?,29?,33+,34-,35-,36+,37?,38+,39-,40+,41-/m1/s1. The van der Waals surface area contributed by atoms with E-state index in [0.29, 0.717) is 18.4 Å². The van der Waals surface area contributed by atoms with E-state index in [-0.39, 0.29) is 18.9 Å². The molecule has 0 saturated carbocycles. The van der Waals surface area contributed by atoms with Gasteiger partial charge in [-0.15, -0.1) is 0 Å². The smallest absolute Gasteiger partial charge is 0.308 e. The van der Waals surface area contributed by atoms with Gasteiger partial charge in [0.2, 0.25) is 5.91 Å². The van der Waals surface area contributed by atoms with Crippen LogP contribution in [0.15, 0.2) is 23.8 Å². The zero-order valence-electron chi connectivity index (χ0n) is 36.4. The maximum Gasteiger partial charge on any atom is 0.308 e. The molecule has 1 amide bonds. The number of allylic oxidation sites excluding steroid dienone is 2. The van der Waals surface area contributed by atoms with E-state index < -0.39 is 122 Å². The quantitative estimate of drug-likeness (QED) is 0.131. The third kappa shape index (κ3) is 13.4. The lowest BCUT2D eigenvalue weighted by atomic mass is 9.81. The summed E-state index contributed by atoms with van der Waals surface area (Å²) in [6.45, 7) is 10.7. The van der Waals surface area contributed by atoms with E-state index in [9.17, 15) is 30.0 Å². The molecule has 17 heteroatoms. The Hall–Kier alpha value is -2.10. The van der Waals surface area contributed by atoms with Crippen LogP contribution in [0, 0.1) is 17.8 Å². The highest BCUT2D eigenvalue weighted by molar-refractivity contribution is 5.88. The van der Waals surface area contributed by atoms with E-state index in [1.165, 1.54) is 34.5 Å². The predicted molar refractivity (Wildman–Crippen MR) is 211 cm³/mol. The molecule has 0 radical (unpaired) electrons. The van der Waals surface area contributed by atoms with Crippen LogP contribution in [-0.4, -0.2) is 178 Å². The Morgan fingerprint density at radius 3 is 2.07 bits per heavy atom. The lowest BCUT2D eigenvalue weighted by Crippen LogP contribution is -2.63. The summed E-state index contributed by atoms with van der Waals surface area (Å²) in [4.78, 5) is 28.8. The lowest BCUT2D eigenvalue weighted by Gasteiger charge is -2.47. The molecule has 3 aliphatic heterocycles. The van der Waals surface area contributed by atoms with Crippen molar-refractivity contribution in [2.24, 2.45) is 17.8 Å². The molecule has 0 aromatic carbocycles. The first kappa shape index (κ1) is 50.3. The highest BCUT2D eigenvalue weighted by Crippen LogP contribution is 2.35. The topological polar surface area (TPSA) is 213 Å². The number of likely N-dealkylation sites (N-methyl/N-ethyl adjacent to an activating group) is 1. The van der Waals surface area contributed by atoms with Crippen molar-refractivity contribution in [3.05, 3.63) is 23.8 Å². The maximum absolute atomic E-state index is 13.8. The van der Waals surface area contributed by atoms with Gasteiger partial charge >= 0.3 is 5.97 Å². The minimum Gasteiger partial charge on any atom is -0.462 e.